The number of piperidine rings is 1. The second kappa shape index (κ2) is 8.30. The zero-order chi connectivity index (χ0) is 20.3. The predicted molar refractivity (Wildman–Crippen MR) is 103 cm³/mol. The molecule has 1 aliphatic heterocycles. The second-order valence-corrected chi connectivity index (χ2v) is 8.96. The Morgan fingerprint density at radius 3 is 2.43 bits per heavy atom. The van der Waals surface area contributed by atoms with Crippen LogP contribution in [0, 0.1) is 5.92 Å². The van der Waals surface area contributed by atoms with Crippen LogP contribution < -0.4 is 0 Å². The summed E-state index contributed by atoms with van der Waals surface area (Å²) in [4.78, 5) is 18.5. The number of hydrogen-bond acceptors (Lipinski definition) is 7. The van der Waals surface area contributed by atoms with Crippen molar-refractivity contribution in [3.8, 4) is 11.4 Å². The highest BCUT2D eigenvalue weighted by molar-refractivity contribution is 7.72. The van der Waals surface area contributed by atoms with E-state index < -0.39 is 16.3 Å². The molecule has 0 bridgehead atoms. The zero-order valence-electron chi connectivity index (χ0n) is 16.3. The van der Waals surface area contributed by atoms with E-state index in [2.05, 4.69) is 10.1 Å². The molecule has 8 nitrogen and oxygen atoms in total. The molecule has 2 heterocycles. The SMILES string of the molecule is CC(C)(C)OC(=O)N1CCC(Cc2nc(-c3ccc([SH](=O)=O)cc3)no2)CC1. The van der Waals surface area contributed by atoms with Crippen LogP contribution in [-0.4, -0.2) is 48.2 Å². The summed E-state index contributed by atoms with van der Waals surface area (Å²) in [5.74, 6) is 1.34. The van der Waals surface area contributed by atoms with Gasteiger partial charge in [-0.2, -0.15) is 4.98 Å². The largest absolute Gasteiger partial charge is 0.444 e. The van der Waals surface area contributed by atoms with E-state index in [1.54, 1.807) is 17.0 Å². The van der Waals surface area contributed by atoms with Crippen molar-refractivity contribution in [1.29, 1.82) is 0 Å². The summed E-state index contributed by atoms with van der Waals surface area (Å²) in [5.41, 5.74) is 0.214. The lowest BCUT2D eigenvalue weighted by atomic mass is 9.94. The van der Waals surface area contributed by atoms with Gasteiger partial charge >= 0.3 is 6.09 Å². The van der Waals surface area contributed by atoms with Crippen LogP contribution >= 0.6 is 0 Å². The van der Waals surface area contributed by atoms with E-state index >= 15 is 0 Å². The van der Waals surface area contributed by atoms with E-state index in [-0.39, 0.29) is 11.0 Å². The maximum atomic E-state index is 12.1. The highest BCUT2D eigenvalue weighted by Gasteiger charge is 2.27. The molecule has 28 heavy (non-hydrogen) atoms. The Morgan fingerprint density at radius 1 is 1.21 bits per heavy atom. The smallest absolute Gasteiger partial charge is 0.410 e. The zero-order valence-corrected chi connectivity index (χ0v) is 17.1. The molecule has 1 aromatic carbocycles. The molecule has 2 aromatic rings. The Kier molecular flexibility index (Phi) is 6.02. The van der Waals surface area contributed by atoms with Gasteiger partial charge in [0.2, 0.25) is 11.7 Å². The summed E-state index contributed by atoms with van der Waals surface area (Å²) in [6.07, 6.45) is 2.08. The molecule has 1 fully saturated rings. The van der Waals surface area contributed by atoms with Gasteiger partial charge in [-0.1, -0.05) is 5.16 Å². The van der Waals surface area contributed by atoms with Crippen LogP contribution in [0.3, 0.4) is 0 Å². The number of benzene rings is 1. The number of carbonyl (C=O) groups excluding carboxylic acids is 1. The third kappa shape index (κ3) is 5.31. The standard InChI is InChI=1S/C19H25N3O5S/c1-19(2,3)26-18(23)22-10-8-13(9-11-22)12-16-20-17(21-27-16)14-4-6-15(7-5-14)28(24)25/h4-7,13,28H,8-12H2,1-3H3. The molecule has 3 rings (SSSR count). The maximum absolute atomic E-state index is 12.1. The summed E-state index contributed by atoms with van der Waals surface area (Å²) in [7, 11) is -2.60. The maximum Gasteiger partial charge on any atom is 0.410 e. The summed E-state index contributed by atoms with van der Waals surface area (Å²) < 4.78 is 32.7. The molecule has 9 heteroatoms. The first-order valence-electron chi connectivity index (χ1n) is 9.26. The lowest BCUT2D eigenvalue weighted by Gasteiger charge is -2.33. The van der Waals surface area contributed by atoms with Gasteiger partial charge in [0.25, 0.3) is 0 Å². The molecule has 0 saturated carbocycles. The molecule has 0 N–H and O–H groups in total. The number of carbonyl (C=O) groups is 1. The van der Waals surface area contributed by atoms with Crippen LogP contribution in [0.1, 0.15) is 39.5 Å². The van der Waals surface area contributed by atoms with Gasteiger partial charge < -0.3 is 14.2 Å². The van der Waals surface area contributed by atoms with Gasteiger partial charge in [0, 0.05) is 25.1 Å². The van der Waals surface area contributed by atoms with E-state index in [4.69, 9.17) is 9.26 Å². The van der Waals surface area contributed by atoms with Gasteiger partial charge in [0.15, 0.2) is 10.7 Å². The van der Waals surface area contributed by atoms with Gasteiger partial charge in [-0.3, -0.25) is 0 Å². The van der Waals surface area contributed by atoms with E-state index in [1.807, 2.05) is 20.8 Å². The fourth-order valence-corrected chi connectivity index (χ4v) is 3.47. The van der Waals surface area contributed by atoms with Crippen LogP contribution in [0.4, 0.5) is 4.79 Å². The molecule has 1 aromatic heterocycles. The molecule has 1 amide bonds. The third-order valence-corrected chi connectivity index (χ3v) is 5.25. The topological polar surface area (TPSA) is 103 Å². The second-order valence-electron chi connectivity index (χ2n) is 7.93. The van der Waals surface area contributed by atoms with E-state index in [1.165, 1.54) is 12.1 Å². The Morgan fingerprint density at radius 2 is 1.86 bits per heavy atom. The summed E-state index contributed by atoms with van der Waals surface area (Å²) in [6.45, 7) is 6.88. The molecule has 1 aliphatic rings. The number of nitrogens with zero attached hydrogens (tertiary/aromatic N) is 3. The monoisotopic (exact) mass is 407 g/mol. The summed E-state index contributed by atoms with van der Waals surface area (Å²) >= 11 is 0. The molecular formula is C19H25N3O5S. The number of likely N-dealkylation sites (tertiary alicyclic amines) is 1. The van der Waals surface area contributed by atoms with Crippen LogP contribution in [-0.2, 0) is 21.9 Å². The van der Waals surface area contributed by atoms with Crippen molar-refractivity contribution in [2.24, 2.45) is 5.92 Å². The minimum atomic E-state index is -2.60. The van der Waals surface area contributed by atoms with Crippen molar-refractivity contribution in [2.45, 2.75) is 50.5 Å². The quantitative estimate of drug-likeness (QED) is 0.777. The van der Waals surface area contributed by atoms with Crippen LogP contribution in [0.5, 0.6) is 0 Å². The average Bonchev–Trinajstić information content (AvgIpc) is 3.09. The molecule has 0 atom stereocenters. The van der Waals surface area contributed by atoms with E-state index in [9.17, 15) is 13.2 Å². The van der Waals surface area contributed by atoms with E-state index in [0.29, 0.717) is 42.7 Å². The van der Waals surface area contributed by atoms with Gasteiger partial charge in [0.1, 0.15) is 5.60 Å². The van der Waals surface area contributed by atoms with E-state index in [0.717, 1.165) is 12.8 Å². The van der Waals surface area contributed by atoms with Crippen molar-refractivity contribution in [3.63, 3.8) is 0 Å². The van der Waals surface area contributed by atoms with Gasteiger partial charge in [-0.05, 0) is 63.8 Å². The van der Waals surface area contributed by atoms with Crippen molar-refractivity contribution >= 4 is 16.8 Å². The highest BCUT2D eigenvalue weighted by Crippen LogP contribution is 2.24. The van der Waals surface area contributed by atoms with Gasteiger partial charge in [-0.15, -0.1) is 0 Å². The van der Waals surface area contributed by atoms with Crippen LogP contribution in [0.25, 0.3) is 11.4 Å². The minimum Gasteiger partial charge on any atom is -0.444 e. The van der Waals surface area contributed by atoms with Crippen molar-refractivity contribution < 1.29 is 22.5 Å². The third-order valence-electron chi connectivity index (χ3n) is 4.53. The lowest BCUT2D eigenvalue weighted by molar-refractivity contribution is 0.0182. The fourth-order valence-electron chi connectivity index (χ4n) is 3.08. The Balaban J connectivity index is 1.54. The molecular weight excluding hydrogens is 382 g/mol. The Labute approximate surface area is 165 Å². The average molecular weight is 407 g/mol. The minimum absolute atomic E-state index is 0.249. The number of hydrogen-bond donors (Lipinski definition) is 1. The van der Waals surface area contributed by atoms with Crippen LogP contribution in [0.15, 0.2) is 33.7 Å². The molecule has 0 unspecified atom stereocenters. The predicted octanol–water partition coefficient (Wildman–Crippen LogP) is 2.90. The number of aromatic nitrogens is 2. The highest BCUT2D eigenvalue weighted by atomic mass is 32.2. The first-order valence-corrected chi connectivity index (χ1v) is 10.4. The van der Waals surface area contributed by atoms with Crippen LogP contribution in [0.2, 0.25) is 0 Å². The van der Waals surface area contributed by atoms with Gasteiger partial charge in [0.05, 0.1) is 4.90 Å². The van der Waals surface area contributed by atoms with Crippen molar-refractivity contribution in [2.75, 3.05) is 13.1 Å². The Hall–Kier alpha value is -2.42. The first kappa shape index (κ1) is 20.3. The first-order chi connectivity index (χ1) is 13.2. The number of amides is 1. The molecule has 0 aliphatic carbocycles. The number of ether oxygens (including phenoxy) is 1. The van der Waals surface area contributed by atoms with Gasteiger partial charge in [-0.25, -0.2) is 13.2 Å². The molecule has 0 radical (unpaired) electrons. The number of thiol groups is 1. The van der Waals surface area contributed by atoms with Crippen molar-refractivity contribution in [1.82, 2.24) is 15.0 Å². The Bertz CT molecular complexity index is 883. The lowest BCUT2D eigenvalue weighted by Crippen LogP contribution is -2.42. The molecule has 152 valence electrons. The van der Waals surface area contributed by atoms with Crippen molar-refractivity contribution in [3.05, 3.63) is 30.2 Å². The normalized spacial score (nSPS) is 15.8. The molecule has 1 saturated heterocycles. The summed E-state index contributed by atoms with van der Waals surface area (Å²) in [5, 5.41) is 3.99. The molecule has 0 spiro atoms. The summed E-state index contributed by atoms with van der Waals surface area (Å²) in [6, 6.07) is 6.36. The fraction of sp³-hybridized carbons (Fsp3) is 0.526. The number of rotatable bonds is 4.